The van der Waals surface area contributed by atoms with Gasteiger partial charge in [0.15, 0.2) is 0 Å². The SMILES string of the molecule is CNc1nccc(NCCC(=O)NCCOC)n1. The minimum atomic E-state index is -0.0116. The largest absolute Gasteiger partial charge is 0.383 e. The summed E-state index contributed by atoms with van der Waals surface area (Å²) in [6.07, 6.45) is 2.04. The lowest BCUT2D eigenvalue weighted by Gasteiger charge is -2.07. The third-order valence-electron chi connectivity index (χ3n) is 2.17. The molecule has 18 heavy (non-hydrogen) atoms. The first-order valence-corrected chi connectivity index (χ1v) is 5.76. The molecule has 0 bridgehead atoms. The maximum absolute atomic E-state index is 11.4. The fourth-order valence-electron chi connectivity index (χ4n) is 1.26. The summed E-state index contributed by atoms with van der Waals surface area (Å²) < 4.78 is 4.84. The first-order valence-electron chi connectivity index (χ1n) is 5.76. The van der Waals surface area contributed by atoms with Crippen molar-refractivity contribution >= 4 is 17.7 Å². The van der Waals surface area contributed by atoms with Crippen LogP contribution in [0.5, 0.6) is 0 Å². The van der Waals surface area contributed by atoms with Gasteiger partial charge in [-0.05, 0) is 6.07 Å². The maximum Gasteiger partial charge on any atom is 0.224 e. The van der Waals surface area contributed by atoms with Crippen LogP contribution in [0.2, 0.25) is 0 Å². The molecule has 1 rings (SSSR count). The van der Waals surface area contributed by atoms with Crippen LogP contribution < -0.4 is 16.0 Å². The summed E-state index contributed by atoms with van der Waals surface area (Å²) >= 11 is 0. The van der Waals surface area contributed by atoms with Crippen LogP contribution in [0.15, 0.2) is 12.3 Å². The Morgan fingerprint density at radius 2 is 2.28 bits per heavy atom. The molecule has 0 fully saturated rings. The molecular weight excluding hydrogens is 234 g/mol. The van der Waals surface area contributed by atoms with Gasteiger partial charge in [-0.25, -0.2) is 4.98 Å². The van der Waals surface area contributed by atoms with Crippen LogP contribution in [0.1, 0.15) is 6.42 Å². The van der Waals surface area contributed by atoms with Gasteiger partial charge in [-0.3, -0.25) is 4.79 Å². The molecule has 7 heteroatoms. The molecule has 0 atom stereocenters. The third kappa shape index (κ3) is 5.44. The molecule has 0 radical (unpaired) electrons. The Morgan fingerprint density at radius 1 is 1.44 bits per heavy atom. The lowest BCUT2D eigenvalue weighted by molar-refractivity contribution is -0.121. The van der Waals surface area contributed by atoms with Crippen molar-refractivity contribution in [3.63, 3.8) is 0 Å². The highest BCUT2D eigenvalue weighted by Crippen LogP contribution is 2.04. The van der Waals surface area contributed by atoms with E-state index in [1.54, 1.807) is 26.4 Å². The van der Waals surface area contributed by atoms with E-state index in [9.17, 15) is 4.79 Å². The Kier molecular flexibility index (Phi) is 6.49. The van der Waals surface area contributed by atoms with Crippen molar-refractivity contribution < 1.29 is 9.53 Å². The van der Waals surface area contributed by atoms with E-state index in [0.717, 1.165) is 0 Å². The van der Waals surface area contributed by atoms with E-state index in [4.69, 9.17) is 4.74 Å². The van der Waals surface area contributed by atoms with Gasteiger partial charge in [-0.2, -0.15) is 4.98 Å². The summed E-state index contributed by atoms with van der Waals surface area (Å²) in [5.41, 5.74) is 0. The summed E-state index contributed by atoms with van der Waals surface area (Å²) in [6.45, 7) is 1.59. The second kappa shape index (κ2) is 8.24. The first kappa shape index (κ1) is 14.2. The normalized spacial score (nSPS) is 9.89. The molecule has 1 amide bonds. The van der Waals surface area contributed by atoms with E-state index in [1.807, 2.05) is 0 Å². The highest BCUT2D eigenvalue weighted by Gasteiger charge is 2.01. The zero-order chi connectivity index (χ0) is 13.2. The molecule has 0 aliphatic carbocycles. The van der Waals surface area contributed by atoms with Gasteiger partial charge in [0.2, 0.25) is 11.9 Å². The van der Waals surface area contributed by atoms with Crippen molar-refractivity contribution in [2.24, 2.45) is 0 Å². The number of aromatic nitrogens is 2. The standard InChI is InChI=1S/C11H19N5O2/c1-12-11-15-5-3-9(16-11)13-6-4-10(17)14-7-8-18-2/h3,5H,4,6-8H2,1-2H3,(H,14,17)(H2,12,13,15,16). The number of anilines is 2. The predicted molar refractivity (Wildman–Crippen MR) is 69.6 cm³/mol. The summed E-state index contributed by atoms with van der Waals surface area (Å²) in [7, 11) is 3.35. The molecule has 0 saturated carbocycles. The molecule has 1 aromatic rings. The minimum absolute atomic E-state index is 0.0116. The number of rotatable bonds is 8. The number of amides is 1. The average Bonchev–Trinajstić information content (AvgIpc) is 2.39. The molecule has 100 valence electrons. The van der Waals surface area contributed by atoms with Crippen LogP contribution in [0.25, 0.3) is 0 Å². The number of carbonyl (C=O) groups excluding carboxylic acids is 1. The van der Waals surface area contributed by atoms with Crippen LogP contribution in [0.3, 0.4) is 0 Å². The van der Waals surface area contributed by atoms with Gasteiger partial charge in [0, 0.05) is 39.9 Å². The second-order valence-corrected chi connectivity index (χ2v) is 3.54. The number of methoxy groups -OCH3 is 1. The fraction of sp³-hybridized carbons (Fsp3) is 0.545. The molecule has 0 spiro atoms. The smallest absolute Gasteiger partial charge is 0.224 e. The molecule has 0 aliphatic rings. The molecule has 1 heterocycles. The van der Waals surface area contributed by atoms with Crippen molar-refractivity contribution in [1.29, 1.82) is 0 Å². The number of hydrogen-bond acceptors (Lipinski definition) is 6. The number of carbonyl (C=O) groups is 1. The van der Waals surface area contributed by atoms with Gasteiger partial charge in [-0.15, -0.1) is 0 Å². The monoisotopic (exact) mass is 253 g/mol. The number of nitrogens with zero attached hydrogens (tertiary/aromatic N) is 2. The highest BCUT2D eigenvalue weighted by atomic mass is 16.5. The van der Waals surface area contributed by atoms with Crippen LogP contribution >= 0.6 is 0 Å². The van der Waals surface area contributed by atoms with Gasteiger partial charge in [-0.1, -0.05) is 0 Å². The summed E-state index contributed by atoms with van der Waals surface area (Å²) in [5.74, 6) is 1.23. The van der Waals surface area contributed by atoms with Gasteiger partial charge >= 0.3 is 0 Å². The average molecular weight is 253 g/mol. The van der Waals surface area contributed by atoms with Gasteiger partial charge in [0.1, 0.15) is 5.82 Å². The second-order valence-electron chi connectivity index (χ2n) is 3.54. The van der Waals surface area contributed by atoms with Crippen molar-refractivity contribution in [1.82, 2.24) is 15.3 Å². The summed E-state index contributed by atoms with van der Waals surface area (Å²) in [5, 5.41) is 8.65. The Bertz CT molecular complexity index is 372. The van der Waals surface area contributed by atoms with Crippen LogP contribution in [0, 0.1) is 0 Å². The quantitative estimate of drug-likeness (QED) is 0.569. The Morgan fingerprint density at radius 3 is 3.00 bits per heavy atom. The number of nitrogens with one attached hydrogen (secondary N) is 3. The Hall–Kier alpha value is -1.89. The predicted octanol–water partition coefficient (Wildman–Crippen LogP) is 0.0829. The van der Waals surface area contributed by atoms with Crippen LogP contribution in [0.4, 0.5) is 11.8 Å². The van der Waals surface area contributed by atoms with E-state index < -0.39 is 0 Å². The van der Waals surface area contributed by atoms with E-state index >= 15 is 0 Å². The molecule has 0 aromatic carbocycles. The van der Waals surface area contributed by atoms with Crippen molar-refractivity contribution in [2.45, 2.75) is 6.42 Å². The van der Waals surface area contributed by atoms with E-state index in [1.165, 1.54) is 0 Å². The summed E-state index contributed by atoms with van der Waals surface area (Å²) in [4.78, 5) is 19.6. The maximum atomic E-state index is 11.4. The molecule has 1 aromatic heterocycles. The van der Waals surface area contributed by atoms with Crippen molar-refractivity contribution in [3.05, 3.63) is 12.3 Å². The first-order chi connectivity index (χ1) is 8.76. The topological polar surface area (TPSA) is 88.2 Å². The number of ether oxygens (including phenoxy) is 1. The molecule has 0 unspecified atom stereocenters. The van der Waals surface area contributed by atoms with Gasteiger partial charge in [0.05, 0.1) is 6.61 Å². The lowest BCUT2D eigenvalue weighted by Crippen LogP contribution is -2.28. The molecule has 3 N–H and O–H groups in total. The van der Waals surface area contributed by atoms with Crippen LogP contribution in [-0.2, 0) is 9.53 Å². The molecular formula is C11H19N5O2. The van der Waals surface area contributed by atoms with E-state index in [0.29, 0.717) is 37.9 Å². The van der Waals surface area contributed by atoms with Crippen molar-refractivity contribution in [3.8, 4) is 0 Å². The molecule has 7 nitrogen and oxygen atoms in total. The zero-order valence-electron chi connectivity index (χ0n) is 10.7. The Balaban J connectivity index is 2.22. The zero-order valence-corrected chi connectivity index (χ0v) is 10.7. The van der Waals surface area contributed by atoms with Gasteiger partial charge < -0.3 is 20.7 Å². The van der Waals surface area contributed by atoms with Crippen LogP contribution in [-0.4, -0.2) is 49.7 Å². The van der Waals surface area contributed by atoms with Gasteiger partial charge in [0.25, 0.3) is 0 Å². The van der Waals surface area contributed by atoms with E-state index in [-0.39, 0.29) is 5.91 Å². The van der Waals surface area contributed by atoms with E-state index in [2.05, 4.69) is 25.9 Å². The number of hydrogen-bond donors (Lipinski definition) is 3. The highest BCUT2D eigenvalue weighted by molar-refractivity contribution is 5.76. The Labute approximate surface area is 106 Å². The molecule has 0 aliphatic heterocycles. The third-order valence-corrected chi connectivity index (χ3v) is 2.17. The summed E-state index contributed by atoms with van der Waals surface area (Å²) in [6, 6.07) is 1.75. The van der Waals surface area contributed by atoms with Crippen molar-refractivity contribution in [2.75, 3.05) is 44.5 Å². The molecule has 0 saturated heterocycles. The fourth-order valence-corrected chi connectivity index (χ4v) is 1.26. The minimum Gasteiger partial charge on any atom is -0.383 e. The lowest BCUT2D eigenvalue weighted by atomic mass is 10.4.